The highest BCUT2D eigenvalue weighted by atomic mass is 32.1. The van der Waals surface area contributed by atoms with E-state index in [0.29, 0.717) is 17.9 Å². The van der Waals surface area contributed by atoms with Gasteiger partial charge in [-0.05, 0) is 48.9 Å². The number of anilines is 1. The van der Waals surface area contributed by atoms with Gasteiger partial charge in [0.25, 0.3) is 5.91 Å². The van der Waals surface area contributed by atoms with Crippen LogP contribution >= 0.6 is 11.7 Å². The summed E-state index contributed by atoms with van der Waals surface area (Å²) in [6.07, 6.45) is -0.173. The molecule has 1 heterocycles. The SMILES string of the molecule is CCC(Oc1ccc(F)cc1)C(=O)Nc1ccc2nsnc2c1. The minimum Gasteiger partial charge on any atom is -0.481 e. The first-order valence-electron chi connectivity index (χ1n) is 7.11. The van der Waals surface area contributed by atoms with E-state index in [9.17, 15) is 9.18 Å². The van der Waals surface area contributed by atoms with Crippen molar-refractivity contribution in [1.29, 1.82) is 0 Å². The number of nitrogens with one attached hydrogen (secondary N) is 1. The van der Waals surface area contributed by atoms with Crippen molar-refractivity contribution in [1.82, 2.24) is 8.75 Å². The largest absolute Gasteiger partial charge is 0.481 e. The van der Waals surface area contributed by atoms with Gasteiger partial charge in [0, 0.05) is 5.69 Å². The molecule has 1 aromatic heterocycles. The summed E-state index contributed by atoms with van der Waals surface area (Å²) >= 11 is 1.13. The first kappa shape index (κ1) is 15.4. The summed E-state index contributed by atoms with van der Waals surface area (Å²) in [5, 5.41) is 2.81. The van der Waals surface area contributed by atoms with Crippen LogP contribution in [0.1, 0.15) is 13.3 Å². The van der Waals surface area contributed by atoms with Crippen molar-refractivity contribution in [3.8, 4) is 5.75 Å². The smallest absolute Gasteiger partial charge is 0.265 e. The highest BCUT2D eigenvalue weighted by Crippen LogP contribution is 2.19. The number of carbonyl (C=O) groups is 1. The number of hydrogen-bond acceptors (Lipinski definition) is 5. The summed E-state index contributed by atoms with van der Waals surface area (Å²) in [7, 11) is 0. The molecule has 1 unspecified atom stereocenters. The fourth-order valence-electron chi connectivity index (χ4n) is 2.08. The van der Waals surface area contributed by atoms with Crippen LogP contribution in [0.25, 0.3) is 11.0 Å². The van der Waals surface area contributed by atoms with Crippen molar-refractivity contribution in [2.45, 2.75) is 19.4 Å². The summed E-state index contributed by atoms with van der Waals surface area (Å²) in [4.78, 5) is 12.3. The predicted molar refractivity (Wildman–Crippen MR) is 87.2 cm³/mol. The molecule has 2 aromatic carbocycles. The molecular formula is C16H14FN3O2S. The van der Waals surface area contributed by atoms with Crippen molar-refractivity contribution in [2.24, 2.45) is 0 Å². The Morgan fingerprint density at radius 1 is 1.22 bits per heavy atom. The number of aromatic nitrogens is 2. The third-order valence-electron chi connectivity index (χ3n) is 3.28. The molecule has 3 rings (SSSR count). The lowest BCUT2D eigenvalue weighted by molar-refractivity contribution is -0.122. The molecule has 7 heteroatoms. The Bertz CT molecular complexity index is 820. The minimum atomic E-state index is -0.662. The lowest BCUT2D eigenvalue weighted by Gasteiger charge is -2.17. The van der Waals surface area contributed by atoms with Gasteiger partial charge in [-0.3, -0.25) is 4.79 Å². The second-order valence-corrected chi connectivity index (χ2v) is 5.45. The molecule has 3 aromatic rings. The third-order valence-corrected chi connectivity index (χ3v) is 3.83. The van der Waals surface area contributed by atoms with Crippen LogP contribution in [0.3, 0.4) is 0 Å². The molecule has 0 aliphatic heterocycles. The van der Waals surface area contributed by atoms with Gasteiger partial charge in [-0.1, -0.05) is 6.92 Å². The highest BCUT2D eigenvalue weighted by molar-refractivity contribution is 7.00. The molecule has 0 saturated carbocycles. The lowest BCUT2D eigenvalue weighted by Crippen LogP contribution is -2.32. The maximum absolute atomic E-state index is 12.9. The Morgan fingerprint density at radius 3 is 2.70 bits per heavy atom. The normalized spacial score (nSPS) is 12.1. The van der Waals surface area contributed by atoms with E-state index < -0.39 is 6.10 Å². The molecule has 118 valence electrons. The third kappa shape index (κ3) is 3.62. The molecule has 1 amide bonds. The van der Waals surface area contributed by atoms with Crippen LogP contribution in [-0.4, -0.2) is 20.8 Å². The van der Waals surface area contributed by atoms with Gasteiger partial charge in [-0.25, -0.2) is 4.39 Å². The molecular weight excluding hydrogens is 317 g/mol. The summed E-state index contributed by atoms with van der Waals surface area (Å²) in [6, 6.07) is 10.9. The van der Waals surface area contributed by atoms with Crippen LogP contribution in [0, 0.1) is 5.82 Å². The maximum Gasteiger partial charge on any atom is 0.265 e. The molecule has 0 bridgehead atoms. The second-order valence-electron chi connectivity index (χ2n) is 4.93. The van der Waals surface area contributed by atoms with Crippen LogP contribution in [0.15, 0.2) is 42.5 Å². The van der Waals surface area contributed by atoms with Crippen LogP contribution in [0.5, 0.6) is 5.75 Å². The molecule has 0 aliphatic rings. The number of carbonyl (C=O) groups excluding carboxylic acids is 1. The van der Waals surface area contributed by atoms with Crippen molar-refractivity contribution < 1.29 is 13.9 Å². The van der Waals surface area contributed by atoms with Gasteiger partial charge in [0.2, 0.25) is 0 Å². The van der Waals surface area contributed by atoms with Crippen molar-refractivity contribution in [3.05, 3.63) is 48.3 Å². The highest BCUT2D eigenvalue weighted by Gasteiger charge is 2.19. The zero-order valence-electron chi connectivity index (χ0n) is 12.3. The Labute approximate surface area is 136 Å². The minimum absolute atomic E-state index is 0.264. The number of nitrogens with zero attached hydrogens (tertiary/aromatic N) is 2. The fraction of sp³-hybridized carbons (Fsp3) is 0.188. The van der Waals surface area contributed by atoms with E-state index in [-0.39, 0.29) is 11.7 Å². The first-order chi connectivity index (χ1) is 11.2. The van der Waals surface area contributed by atoms with Crippen molar-refractivity contribution in [2.75, 3.05) is 5.32 Å². The number of benzene rings is 2. The van der Waals surface area contributed by atoms with Crippen LogP contribution in [0.2, 0.25) is 0 Å². The topological polar surface area (TPSA) is 64.1 Å². The zero-order valence-corrected chi connectivity index (χ0v) is 13.1. The molecule has 5 nitrogen and oxygen atoms in total. The summed E-state index contributed by atoms with van der Waals surface area (Å²) in [6.45, 7) is 1.85. The van der Waals surface area contributed by atoms with Crippen molar-refractivity contribution in [3.63, 3.8) is 0 Å². The molecule has 23 heavy (non-hydrogen) atoms. The van der Waals surface area contributed by atoms with Gasteiger partial charge in [0.1, 0.15) is 22.6 Å². The van der Waals surface area contributed by atoms with E-state index in [2.05, 4.69) is 14.1 Å². The van der Waals surface area contributed by atoms with Crippen molar-refractivity contribution >= 4 is 34.4 Å². The second kappa shape index (κ2) is 6.70. The average molecular weight is 331 g/mol. The molecule has 1 N–H and O–H groups in total. The first-order valence-corrected chi connectivity index (χ1v) is 7.84. The van der Waals surface area contributed by atoms with E-state index in [1.54, 1.807) is 18.2 Å². The molecule has 0 fully saturated rings. The number of amides is 1. The van der Waals surface area contributed by atoms with Gasteiger partial charge < -0.3 is 10.1 Å². The van der Waals surface area contributed by atoms with Gasteiger partial charge in [0.15, 0.2) is 6.10 Å². The summed E-state index contributed by atoms with van der Waals surface area (Å²) < 4.78 is 26.8. The monoisotopic (exact) mass is 331 g/mol. The Morgan fingerprint density at radius 2 is 1.96 bits per heavy atom. The summed E-state index contributed by atoms with van der Waals surface area (Å²) in [5.74, 6) is -0.160. The Kier molecular flexibility index (Phi) is 4.47. The Balaban J connectivity index is 1.70. The van der Waals surface area contributed by atoms with E-state index in [4.69, 9.17) is 4.74 Å². The molecule has 0 saturated heterocycles. The van der Waals surface area contributed by atoms with E-state index in [0.717, 1.165) is 22.8 Å². The van der Waals surface area contributed by atoms with Crippen LogP contribution in [0.4, 0.5) is 10.1 Å². The molecule has 0 radical (unpaired) electrons. The van der Waals surface area contributed by atoms with E-state index >= 15 is 0 Å². The summed E-state index contributed by atoms with van der Waals surface area (Å²) in [5.41, 5.74) is 2.17. The van der Waals surface area contributed by atoms with E-state index in [1.807, 2.05) is 6.92 Å². The maximum atomic E-state index is 12.9. The number of hydrogen-bond donors (Lipinski definition) is 1. The molecule has 1 atom stereocenters. The van der Waals surface area contributed by atoms with Gasteiger partial charge in [0.05, 0.1) is 11.7 Å². The number of halogens is 1. The zero-order chi connectivity index (χ0) is 16.2. The average Bonchev–Trinajstić information content (AvgIpc) is 3.02. The van der Waals surface area contributed by atoms with Crippen LogP contribution < -0.4 is 10.1 Å². The number of rotatable bonds is 5. The quantitative estimate of drug-likeness (QED) is 0.775. The molecule has 0 spiro atoms. The number of ether oxygens (including phenoxy) is 1. The van der Waals surface area contributed by atoms with Gasteiger partial charge in [-0.2, -0.15) is 8.75 Å². The van der Waals surface area contributed by atoms with Gasteiger partial charge >= 0.3 is 0 Å². The molecule has 0 aliphatic carbocycles. The fourth-order valence-corrected chi connectivity index (χ4v) is 2.60. The lowest BCUT2D eigenvalue weighted by atomic mass is 10.2. The standard InChI is InChI=1S/C16H14FN3O2S/c1-2-15(22-12-6-3-10(17)4-7-12)16(21)18-11-5-8-13-14(9-11)20-23-19-13/h3-9,15H,2H2,1H3,(H,18,21). The Hall–Kier alpha value is -2.54. The van der Waals surface area contributed by atoms with Crippen LogP contribution in [-0.2, 0) is 4.79 Å². The predicted octanol–water partition coefficient (Wildman–Crippen LogP) is 3.63. The van der Waals surface area contributed by atoms with E-state index in [1.165, 1.54) is 24.3 Å². The number of fused-ring (bicyclic) bond motifs is 1. The van der Waals surface area contributed by atoms with Gasteiger partial charge in [-0.15, -0.1) is 0 Å².